The molecule has 8 nitrogen and oxygen atoms in total. The van der Waals surface area contributed by atoms with Gasteiger partial charge < -0.3 is 18.8 Å². The van der Waals surface area contributed by atoms with Gasteiger partial charge in [0.15, 0.2) is 16.3 Å². The summed E-state index contributed by atoms with van der Waals surface area (Å²) in [5, 5.41) is 0. The van der Waals surface area contributed by atoms with Gasteiger partial charge in [-0.05, 0) is 25.1 Å². The minimum absolute atomic E-state index is 0.169. The number of hydrogen-bond donors (Lipinski definition) is 0. The average Bonchev–Trinajstić information content (AvgIpc) is 3.48. The summed E-state index contributed by atoms with van der Waals surface area (Å²) in [5.41, 5.74) is 3.90. The Bertz CT molecular complexity index is 1380. The first kappa shape index (κ1) is 19.7. The Morgan fingerprint density at radius 2 is 2.03 bits per heavy atom. The van der Waals surface area contributed by atoms with E-state index in [0.29, 0.717) is 35.0 Å². The lowest BCUT2D eigenvalue weighted by atomic mass is 10.2. The van der Waals surface area contributed by atoms with Crippen LogP contribution in [0.2, 0.25) is 0 Å². The van der Waals surface area contributed by atoms with E-state index in [1.807, 2.05) is 22.8 Å². The van der Waals surface area contributed by atoms with Gasteiger partial charge in [-0.1, -0.05) is 11.3 Å². The minimum atomic E-state index is -0.355. The number of nitrogens with zero attached hydrogens (tertiary/aromatic N) is 3. The number of thiazole rings is 2. The maximum atomic E-state index is 12.9. The highest BCUT2D eigenvalue weighted by Crippen LogP contribution is 2.37. The van der Waals surface area contributed by atoms with Gasteiger partial charge in [0.25, 0.3) is 5.91 Å². The second-order valence-electron chi connectivity index (χ2n) is 6.72. The third-order valence-electron chi connectivity index (χ3n) is 4.80. The molecular formula is C21H17N3O5S2. The number of esters is 1. The molecule has 1 aliphatic heterocycles. The molecule has 158 valence electrons. The monoisotopic (exact) mass is 455 g/mol. The zero-order valence-corrected chi connectivity index (χ0v) is 18.1. The van der Waals surface area contributed by atoms with Gasteiger partial charge in [-0.2, -0.15) is 4.99 Å². The van der Waals surface area contributed by atoms with Crippen molar-refractivity contribution in [2.75, 3.05) is 13.4 Å². The summed E-state index contributed by atoms with van der Waals surface area (Å²) in [4.78, 5) is 34.0. The van der Waals surface area contributed by atoms with Gasteiger partial charge in [-0.3, -0.25) is 9.59 Å². The number of hydrogen-bond acceptors (Lipinski definition) is 8. The SMILES string of the molecule is CCOC(=O)CCn1c(=NC(=O)c2ccc3ncsc3c2)sc2cc3c(cc21)OCO3. The summed E-state index contributed by atoms with van der Waals surface area (Å²) in [6.07, 6.45) is 0.169. The van der Waals surface area contributed by atoms with E-state index in [0.717, 1.165) is 20.4 Å². The standard InChI is InChI=1S/C21H17N3O5S2/c1-2-27-19(25)5-6-24-14-8-15-16(29-11-28-15)9-18(14)31-21(24)23-20(26)12-3-4-13-17(7-12)30-10-22-13/h3-4,7-10H,2,5-6,11H2,1H3. The first-order valence-electron chi connectivity index (χ1n) is 9.63. The summed E-state index contributed by atoms with van der Waals surface area (Å²) in [7, 11) is 0. The van der Waals surface area contributed by atoms with Crippen molar-refractivity contribution in [1.82, 2.24) is 9.55 Å². The Labute approximate surface area is 184 Å². The summed E-state index contributed by atoms with van der Waals surface area (Å²) >= 11 is 2.83. The van der Waals surface area contributed by atoms with Crippen molar-refractivity contribution in [3.63, 3.8) is 0 Å². The van der Waals surface area contributed by atoms with Crippen molar-refractivity contribution in [1.29, 1.82) is 0 Å². The Morgan fingerprint density at radius 3 is 2.87 bits per heavy atom. The Balaban J connectivity index is 1.57. The number of fused-ring (bicyclic) bond motifs is 3. The van der Waals surface area contributed by atoms with Crippen LogP contribution in [0, 0.1) is 0 Å². The van der Waals surface area contributed by atoms with E-state index in [2.05, 4.69) is 9.98 Å². The summed E-state index contributed by atoms with van der Waals surface area (Å²) in [6.45, 7) is 2.59. The zero-order valence-electron chi connectivity index (χ0n) is 16.5. The molecule has 0 bridgehead atoms. The van der Waals surface area contributed by atoms with Crippen LogP contribution in [0.3, 0.4) is 0 Å². The van der Waals surface area contributed by atoms with E-state index in [1.54, 1.807) is 24.6 Å². The molecule has 0 radical (unpaired) electrons. The normalized spacial score (nSPS) is 13.3. The van der Waals surface area contributed by atoms with Crippen LogP contribution in [0.4, 0.5) is 0 Å². The quantitative estimate of drug-likeness (QED) is 0.426. The average molecular weight is 456 g/mol. The van der Waals surface area contributed by atoms with Crippen molar-refractivity contribution in [3.05, 3.63) is 46.2 Å². The summed E-state index contributed by atoms with van der Waals surface area (Å²) < 4.78 is 19.7. The summed E-state index contributed by atoms with van der Waals surface area (Å²) in [6, 6.07) is 9.06. The highest BCUT2D eigenvalue weighted by atomic mass is 32.1. The number of benzene rings is 2. The molecule has 5 rings (SSSR count). The van der Waals surface area contributed by atoms with E-state index in [4.69, 9.17) is 14.2 Å². The third kappa shape index (κ3) is 3.79. The molecule has 1 aliphatic rings. The largest absolute Gasteiger partial charge is 0.466 e. The van der Waals surface area contributed by atoms with Crippen molar-refractivity contribution in [2.45, 2.75) is 19.9 Å². The number of aryl methyl sites for hydroxylation is 1. The fourth-order valence-electron chi connectivity index (χ4n) is 3.34. The van der Waals surface area contributed by atoms with Crippen LogP contribution in [0.5, 0.6) is 11.5 Å². The molecule has 0 aliphatic carbocycles. The molecule has 10 heteroatoms. The van der Waals surface area contributed by atoms with Crippen LogP contribution in [0.1, 0.15) is 23.7 Å². The van der Waals surface area contributed by atoms with Gasteiger partial charge in [0.05, 0.1) is 39.0 Å². The number of carbonyl (C=O) groups is 2. The molecule has 1 amide bonds. The third-order valence-corrected chi connectivity index (χ3v) is 6.63. The minimum Gasteiger partial charge on any atom is -0.466 e. The second kappa shape index (κ2) is 8.12. The van der Waals surface area contributed by atoms with E-state index in [9.17, 15) is 9.59 Å². The van der Waals surface area contributed by atoms with Gasteiger partial charge >= 0.3 is 5.97 Å². The number of carbonyl (C=O) groups excluding carboxylic acids is 2. The lowest BCUT2D eigenvalue weighted by molar-refractivity contribution is -0.143. The highest BCUT2D eigenvalue weighted by Gasteiger charge is 2.19. The lowest BCUT2D eigenvalue weighted by Crippen LogP contribution is -2.19. The topological polar surface area (TPSA) is 92.0 Å². The fraction of sp³-hybridized carbons (Fsp3) is 0.238. The maximum Gasteiger partial charge on any atom is 0.307 e. The van der Waals surface area contributed by atoms with Crippen LogP contribution in [0.15, 0.2) is 40.8 Å². The van der Waals surface area contributed by atoms with E-state index < -0.39 is 0 Å². The molecule has 31 heavy (non-hydrogen) atoms. The Morgan fingerprint density at radius 1 is 1.19 bits per heavy atom. The molecule has 2 aromatic heterocycles. The van der Waals surface area contributed by atoms with Gasteiger partial charge in [-0.25, -0.2) is 4.98 Å². The van der Waals surface area contributed by atoms with Gasteiger partial charge in [0, 0.05) is 24.2 Å². The van der Waals surface area contributed by atoms with E-state index in [-0.39, 0.29) is 25.1 Å². The first-order valence-corrected chi connectivity index (χ1v) is 11.3. The molecule has 3 heterocycles. The first-order chi connectivity index (χ1) is 15.1. The van der Waals surface area contributed by atoms with Gasteiger partial charge in [0.1, 0.15) is 0 Å². The zero-order chi connectivity index (χ0) is 21.4. The lowest BCUT2D eigenvalue weighted by Gasteiger charge is -2.06. The summed E-state index contributed by atoms with van der Waals surface area (Å²) in [5.74, 6) is 0.623. The number of aromatic nitrogens is 2. The van der Waals surface area contributed by atoms with Crippen molar-refractivity contribution >= 4 is 55.0 Å². The van der Waals surface area contributed by atoms with Gasteiger partial charge in [-0.15, -0.1) is 11.3 Å². The molecule has 2 aromatic carbocycles. The molecule has 0 fully saturated rings. The molecule has 0 saturated carbocycles. The number of amides is 1. The number of ether oxygens (including phenoxy) is 3. The molecule has 0 atom stereocenters. The smallest absolute Gasteiger partial charge is 0.307 e. The van der Waals surface area contributed by atoms with E-state index >= 15 is 0 Å². The van der Waals surface area contributed by atoms with Crippen LogP contribution in [-0.4, -0.2) is 34.8 Å². The molecule has 0 saturated heterocycles. The molecule has 0 N–H and O–H groups in total. The van der Waals surface area contributed by atoms with Crippen LogP contribution in [-0.2, 0) is 16.1 Å². The van der Waals surface area contributed by atoms with Crippen LogP contribution >= 0.6 is 22.7 Å². The Hall–Kier alpha value is -3.24. The van der Waals surface area contributed by atoms with Gasteiger partial charge in [0.2, 0.25) is 6.79 Å². The maximum absolute atomic E-state index is 12.9. The fourth-order valence-corrected chi connectivity index (χ4v) is 5.12. The van der Waals surface area contributed by atoms with Crippen LogP contribution in [0.25, 0.3) is 20.4 Å². The highest BCUT2D eigenvalue weighted by molar-refractivity contribution is 7.17. The predicted molar refractivity (Wildman–Crippen MR) is 117 cm³/mol. The predicted octanol–water partition coefficient (Wildman–Crippen LogP) is 3.74. The molecular weight excluding hydrogens is 438 g/mol. The molecule has 4 aromatic rings. The van der Waals surface area contributed by atoms with Crippen molar-refractivity contribution in [2.24, 2.45) is 4.99 Å². The van der Waals surface area contributed by atoms with Crippen molar-refractivity contribution < 1.29 is 23.8 Å². The number of rotatable bonds is 5. The second-order valence-corrected chi connectivity index (χ2v) is 8.61. The molecule has 0 spiro atoms. The Kier molecular flexibility index (Phi) is 5.16. The van der Waals surface area contributed by atoms with E-state index in [1.165, 1.54) is 22.7 Å². The molecule has 0 unspecified atom stereocenters. The van der Waals surface area contributed by atoms with Crippen LogP contribution < -0.4 is 14.3 Å². The van der Waals surface area contributed by atoms with Crippen molar-refractivity contribution in [3.8, 4) is 11.5 Å².